The smallest absolute Gasteiger partial charge is 0.214 e. The van der Waals surface area contributed by atoms with Gasteiger partial charge >= 0.3 is 0 Å². The summed E-state index contributed by atoms with van der Waals surface area (Å²) in [4.78, 5) is 0. The molecule has 1 heterocycles. The van der Waals surface area contributed by atoms with Crippen LogP contribution in [0.2, 0.25) is 0 Å². The third-order valence-corrected chi connectivity index (χ3v) is 3.33. The van der Waals surface area contributed by atoms with E-state index in [1.54, 1.807) is 11.8 Å². The summed E-state index contributed by atoms with van der Waals surface area (Å²) in [5.74, 6) is 1.41. The number of para-hydroxylation sites is 2. The van der Waals surface area contributed by atoms with Gasteiger partial charge in [0, 0.05) is 5.75 Å². The Kier molecular flexibility index (Phi) is 5.78. The van der Waals surface area contributed by atoms with Crippen molar-refractivity contribution in [3.8, 4) is 11.4 Å². The summed E-state index contributed by atoms with van der Waals surface area (Å²) >= 11 is 1.48. The highest BCUT2D eigenvalue weighted by Crippen LogP contribution is 2.25. The van der Waals surface area contributed by atoms with Crippen molar-refractivity contribution in [3.63, 3.8) is 0 Å². The predicted octanol–water partition coefficient (Wildman–Crippen LogP) is 0.772. The Labute approximate surface area is 120 Å². The molecule has 0 saturated carbocycles. The molecule has 0 saturated heterocycles. The largest absolute Gasteiger partial charge is 0.494 e. The monoisotopic (exact) mass is 296 g/mol. The minimum atomic E-state index is 0.0314. The summed E-state index contributed by atoms with van der Waals surface area (Å²) in [5.41, 5.74) is 0.791. The van der Waals surface area contributed by atoms with Crippen molar-refractivity contribution in [2.75, 3.05) is 32.7 Å². The molecule has 1 N–H and O–H groups in total. The lowest BCUT2D eigenvalue weighted by molar-refractivity contribution is 0.103. The first-order valence-electron chi connectivity index (χ1n) is 6.10. The van der Waals surface area contributed by atoms with Crippen molar-refractivity contribution in [2.24, 2.45) is 0 Å². The molecule has 0 unspecified atom stereocenters. The van der Waals surface area contributed by atoms with Crippen LogP contribution in [0.5, 0.6) is 5.75 Å². The maximum Gasteiger partial charge on any atom is 0.214 e. The van der Waals surface area contributed by atoms with Gasteiger partial charge in [-0.25, -0.2) is 0 Å². The van der Waals surface area contributed by atoms with Crippen LogP contribution in [0.1, 0.15) is 0 Å². The van der Waals surface area contributed by atoms with Crippen LogP contribution in [0.15, 0.2) is 29.4 Å². The minimum absolute atomic E-state index is 0.0314. The Morgan fingerprint density at radius 3 is 2.95 bits per heavy atom. The SMILES string of the molecule is COc1ccccc1-n1nnnc1SCCOCCO. The molecule has 0 radical (unpaired) electrons. The average molecular weight is 296 g/mol. The second-order valence-electron chi connectivity index (χ2n) is 3.73. The third kappa shape index (κ3) is 3.69. The molecule has 7 nitrogen and oxygen atoms in total. The number of hydrogen-bond acceptors (Lipinski definition) is 7. The zero-order valence-electron chi connectivity index (χ0n) is 11.1. The van der Waals surface area contributed by atoms with Gasteiger partial charge in [0.15, 0.2) is 0 Å². The molecule has 0 amide bonds. The van der Waals surface area contributed by atoms with Crippen LogP contribution in [0.4, 0.5) is 0 Å². The zero-order valence-corrected chi connectivity index (χ0v) is 11.9. The molecule has 20 heavy (non-hydrogen) atoms. The molecular formula is C12H16N4O3S. The molecule has 2 aromatic rings. The number of benzene rings is 1. The number of methoxy groups -OCH3 is 1. The molecule has 108 valence electrons. The van der Waals surface area contributed by atoms with Crippen molar-refractivity contribution in [3.05, 3.63) is 24.3 Å². The molecule has 0 aliphatic carbocycles. The van der Waals surface area contributed by atoms with E-state index in [-0.39, 0.29) is 6.61 Å². The number of hydrogen-bond donors (Lipinski definition) is 1. The quantitative estimate of drug-likeness (QED) is 0.569. The van der Waals surface area contributed by atoms with Crippen molar-refractivity contribution in [2.45, 2.75) is 5.16 Å². The van der Waals surface area contributed by atoms with Gasteiger partial charge in [-0.2, -0.15) is 4.68 Å². The fourth-order valence-corrected chi connectivity index (χ4v) is 2.32. The standard InChI is InChI=1S/C12H16N4O3S/c1-18-11-5-3-2-4-10(11)16-12(13-14-15-16)20-9-8-19-7-6-17/h2-5,17H,6-9H2,1H3. The molecule has 8 heteroatoms. The van der Waals surface area contributed by atoms with Gasteiger partial charge in [0.1, 0.15) is 11.4 Å². The highest BCUT2D eigenvalue weighted by molar-refractivity contribution is 7.99. The summed E-state index contributed by atoms with van der Waals surface area (Å²) in [6.07, 6.45) is 0. The highest BCUT2D eigenvalue weighted by atomic mass is 32.2. The Hall–Kier alpha value is -1.64. The van der Waals surface area contributed by atoms with Crippen LogP contribution in [0.25, 0.3) is 5.69 Å². The highest BCUT2D eigenvalue weighted by Gasteiger charge is 2.12. The molecule has 0 fully saturated rings. The van der Waals surface area contributed by atoms with E-state index in [1.165, 1.54) is 11.8 Å². The fraction of sp³-hybridized carbons (Fsp3) is 0.417. The van der Waals surface area contributed by atoms with Crippen LogP contribution >= 0.6 is 11.8 Å². The summed E-state index contributed by atoms with van der Waals surface area (Å²) in [7, 11) is 1.61. The van der Waals surface area contributed by atoms with Crippen LogP contribution in [-0.4, -0.2) is 58.0 Å². The Morgan fingerprint density at radius 2 is 2.15 bits per heavy atom. The predicted molar refractivity (Wildman–Crippen MR) is 74.3 cm³/mol. The first kappa shape index (κ1) is 14.8. The van der Waals surface area contributed by atoms with Crippen LogP contribution < -0.4 is 4.74 Å². The Morgan fingerprint density at radius 1 is 1.30 bits per heavy atom. The fourth-order valence-electron chi connectivity index (χ4n) is 1.58. The van der Waals surface area contributed by atoms with Crippen molar-refractivity contribution < 1.29 is 14.6 Å². The third-order valence-electron chi connectivity index (χ3n) is 2.45. The van der Waals surface area contributed by atoms with E-state index in [1.807, 2.05) is 24.3 Å². The van der Waals surface area contributed by atoms with Gasteiger partial charge in [-0.1, -0.05) is 23.9 Å². The molecule has 2 rings (SSSR count). The van der Waals surface area contributed by atoms with Gasteiger partial charge in [-0.15, -0.1) is 5.10 Å². The van der Waals surface area contributed by atoms with Gasteiger partial charge in [0.05, 0.1) is 26.9 Å². The second-order valence-corrected chi connectivity index (χ2v) is 4.79. The summed E-state index contributed by atoms with van der Waals surface area (Å²) in [6.45, 7) is 0.908. The van der Waals surface area contributed by atoms with Crippen LogP contribution in [-0.2, 0) is 4.74 Å². The Balaban J connectivity index is 2.04. The van der Waals surface area contributed by atoms with E-state index in [0.717, 1.165) is 5.69 Å². The van der Waals surface area contributed by atoms with E-state index in [9.17, 15) is 0 Å². The molecule has 0 bridgehead atoms. The zero-order chi connectivity index (χ0) is 14.2. The number of rotatable bonds is 8. The van der Waals surface area contributed by atoms with Crippen molar-refractivity contribution in [1.29, 1.82) is 0 Å². The first-order chi connectivity index (χ1) is 9.86. The van der Waals surface area contributed by atoms with Gasteiger partial charge in [-0.3, -0.25) is 0 Å². The average Bonchev–Trinajstić information content (AvgIpc) is 2.95. The van der Waals surface area contributed by atoms with Crippen molar-refractivity contribution >= 4 is 11.8 Å². The number of aromatic nitrogens is 4. The number of aliphatic hydroxyl groups excluding tert-OH is 1. The van der Waals surface area contributed by atoms with E-state index in [4.69, 9.17) is 14.6 Å². The summed E-state index contributed by atoms with van der Waals surface area (Å²) in [6, 6.07) is 7.54. The van der Waals surface area contributed by atoms with Gasteiger partial charge in [0.2, 0.25) is 5.16 Å². The number of nitrogens with zero attached hydrogens (tertiary/aromatic N) is 4. The number of thioether (sulfide) groups is 1. The first-order valence-corrected chi connectivity index (χ1v) is 7.08. The number of ether oxygens (including phenoxy) is 2. The molecule has 0 aliphatic rings. The van der Waals surface area contributed by atoms with E-state index < -0.39 is 0 Å². The minimum Gasteiger partial charge on any atom is -0.494 e. The molecule has 0 atom stereocenters. The summed E-state index contributed by atoms with van der Waals surface area (Å²) < 4.78 is 12.1. The lowest BCUT2D eigenvalue weighted by atomic mass is 10.3. The normalized spacial score (nSPS) is 10.7. The molecule has 1 aromatic carbocycles. The molecular weight excluding hydrogens is 280 g/mol. The van der Waals surface area contributed by atoms with E-state index in [0.29, 0.717) is 29.9 Å². The lowest BCUT2D eigenvalue weighted by Gasteiger charge is -2.08. The van der Waals surface area contributed by atoms with E-state index >= 15 is 0 Å². The van der Waals surface area contributed by atoms with E-state index in [2.05, 4.69) is 15.5 Å². The topological polar surface area (TPSA) is 82.3 Å². The second kappa shape index (κ2) is 7.83. The van der Waals surface area contributed by atoms with Gasteiger partial charge in [-0.05, 0) is 22.6 Å². The van der Waals surface area contributed by atoms with Crippen molar-refractivity contribution in [1.82, 2.24) is 20.2 Å². The molecule has 0 spiro atoms. The van der Waals surface area contributed by atoms with Gasteiger partial charge in [0.25, 0.3) is 0 Å². The summed E-state index contributed by atoms with van der Waals surface area (Å²) in [5, 5.41) is 21.0. The maximum absolute atomic E-state index is 8.62. The van der Waals surface area contributed by atoms with Crippen LogP contribution in [0, 0.1) is 0 Å². The molecule has 1 aromatic heterocycles. The maximum atomic E-state index is 8.62. The van der Waals surface area contributed by atoms with Crippen LogP contribution in [0.3, 0.4) is 0 Å². The lowest BCUT2D eigenvalue weighted by Crippen LogP contribution is -2.05. The number of tetrazole rings is 1. The number of aliphatic hydroxyl groups is 1. The Bertz CT molecular complexity index is 535. The van der Waals surface area contributed by atoms with Gasteiger partial charge < -0.3 is 14.6 Å². The molecule has 0 aliphatic heterocycles.